The number of carboxylic acids is 1. The summed E-state index contributed by atoms with van der Waals surface area (Å²) < 4.78 is 10.5. The molecule has 0 spiro atoms. The molecule has 0 aliphatic carbocycles. The highest BCUT2D eigenvalue weighted by Gasteiger charge is 2.22. The molecule has 0 bridgehead atoms. The van der Waals surface area contributed by atoms with Gasteiger partial charge in [0.2, 0.25) is 5.91 Å². The van der Waals surface area contributed by atoms with Crippen LogP contribution < -0.4 is 15.7 Å². The van der Waals surface area contributed by atoms with Crippen LogP contribution >= 0.6 is 0 Å². The van der Waals surface area contributed by atoms with E-state index in [0.29, 0.717) is 22.5 Å². The molecule has 7 heteroatoms. The van der Waals surface area contributed by atoms with Crippen LogP contribution in [-0.2, 0) is 16.0 Å². The third-order valence-corrected chi connectivity index (χ3v) is 4.78. The Labute approximate surface area is 166 Å². The predicted octanol–water partition coefficient (Wildman–Crippen LogP) is 2.98. The lowest BCUT2D eigenvalue weighted by Crippen LogP contribution is -2.34. The molecule has 3 rings (SSSR count). The van der Waals surface area contributed by atoms with Gasteiger partial charge in [-0.2, -0.15) is 0 Å². The van der Waals surface area contributed by atoms with Crippen LogP contribution in [0.15, 0.2) is 57.7 Å². The molecule has 1 unspecified atom stereocenters. The molecule has 0 aliphatic heterocycles. The van der Waals surface area contributed by atoms with Gasteiger partial charge in [0.25, 0.3) is 0 Å². The van der Waals surface area contributed by atoms with E-state index in [0.717, 1.165) is 10.9 Å². The molecule has 0 aliphatic rings. The number of aliphatic carboxylic acids is 1. The van der Waals surface area contributed by atoms with Crippen LogP contribution in [-0.4, -0.2) is 24.1 Å². The van der Waals surface area contributed by atoms with Gasteiger partial charge in [-0.05, 0) is 36.6 Å². The Bertz CT molecular complexity index is 1100. The first-order valence-electron chi connectivity index (χ1n) is 9.08. The first-order valence-corrected chi connectivity index (χ1v) is 9.08. The Morgan fingerprint density at radius 3 is 2.55 bits per heavy atom. The number of fused-ring (bicyclic) bond motifs is 1. The zero-order valence-corrected chi connectivity index (χ0v) is 16.1. The molecule has 1 heterocycles. The fraction of sp³-hybridized carbons (Fsp3) is 0.227. The van der Waals surface area contributed by atoms with E-state index < -0.39 is 23.5 Å². The molecule has 0 radical (unpaired) electrons. The molecule has 1 amide bonds. The molecule has 0 saturated carbocycles. The van der Waals surface area contributed by atoms with Crippen molar-refractivity contribution in [3.8, 4) is 5.75 Å². The van der Waals surface area contributed by atoms with Crippen molar-refractivity contribution in [3.63, 3.8) is 0 Å². The molecule has 2 aromatic carbocycles. The maximum Gasteiger partial charge on any atom is 0.339 e. The van der Waals surface area contributed by atoms with E-state index in [1.807, 2.05) is 0 Å². The van der Waals surface area contributed by atoms with Gasteiger partial charge in [-0.25, -0.2) is 9.59 Å². The molecule has 29 heavy (non-hydrogen) atoms. The first-order chi connectivity index (χ1) is 13.9. The summed E-state index contributed by atoms with van der Waals surface area (Å²) >= 11 is 0. The summed E-state index contributed by atoms with van der Waals surface area (Å²) in [5, 5.41) is 12.7. The number of hydrogen-bond donors (Lipinski definition) is 2. The van der Waals surface area contributed by atoms with Gasteiger partial charge in [0.15, 0.2) is 6.04 Å². The molecular formula is C22H21NO6. The van der Waals surface area contributed by atoms with Gasteiger partial charge in [0.05, 0.1) is 7.11 Å². The molecule has 0 saturated heterocycles. The molecule has 3 aromatic rings. The number of carboxylic acid groups (broad SMARTS) is 1. The average Bonchev–Trinajstić information content (AvgIpc) is 2.71. The van der Waals surface area contributed by atoms with E-state index in [9.17, 15) is 19.5 Å². The summed E-state index contributed by atoms with van der Waals surface area (Å²) in [6.07, 6.45) is 0.104. The fourth-order valence-electron chi connectivity index (χ4n) is 3.20. The summed E-state index contributed by atoms with van der Waals surface area (Å²) in [6.45, 7) is 1.79. The second kappa shape index (κ2) is 8.60. The SMILES string of the molecule is COc1ccc2c(C)c(CCC(=O)NC(C(=O)O)c3ccccc3)c(=O)oc2c1. The van der Waals surface area contributed by atoms with Crippen molar-refractivity contribution in [2.45, 2.75) is 25.8 Å². The molecular weight excluding hydrogens is 374 g/mol. The van der Waals surface area contributed by atoms with Crippen LogP contribution in [0.2, 0.25) is 0 Å². The maximum absolute atomic E-state index is 12.4. The minimum absolute atomic E-state index is 0.0378. The summed E-state index contributed by atoms with van der Waals surface area (Å²) in [5.41, 5.74) is 1.49. The van der Waals surface area contributed by atoms with Gasteiger partial charge in [0.1, 0.15) is 11.3 Å². The standard InChI is InChI=1S/C22H21NO6/c1-13-16-9-8-15(28-2)12-18(16)29-22(27)17(13)10-11-19(24)23-20(21(25)26)14-6-4-3-5-7-14/h3-9,12,20H,10-11H2,1-2H3,(H,23,24)(H,25,26). The lowest BCUT2D eigenvalue weighted by Gasteiger charge is -2.15. The van der Waals surface area contributed by atoms with Crippen LogP contribution in [0.5, 0.6) is 5.75 Å². The molecule has 0 fully saturated rings. The normalized spacial score (nSPS) is 11.8. The minimum Gasteiger partial charge on any atom is -0.497 e. The summed E-state index contributed by atoms with van der Waals surface area (Å²) in [4.78, 5) is 36.3. The van der Waals surface area contributed by atoms with Gasteiger partial charge >= 0.3 is 11.6 Å². The lowest BCUT2D eigenvalue weighted by molar-refractivity contribution is -0.142. The van der Waals surface area contributed by atoms with Crippen molar-refractivity contribution in [1.29, 1.82) is 0 Å². The van der Waals surface area contributed by atoms with Gasteiger partial charge in [0, 0.05) is 23.4 Å². The third kappa shape index (κ3) is 4.45. The summed E-state index contributed by atoms with van der Waals surface area (Å²) in [7, 11) is 1.53. The highest BCUT2D eigenvalue weighted by molar-refractivity contribution is 5.85. The Balaban J connectivity index is 1.77. The number of hydrogen-bond acceptors (Lipinski definition) is 5. The van der Waals surface area contributed by atoms with Crippen LogP contribution in [0.4, 0.5) is 0 Å². The van der Waals surface area contributed by atoms with E-state index in [1.54, 1.807) is 55.5 Å². The number of rotatable bonds is 7. The molecule has 1 atom stereocenters. The Hall–Kier alpha value is -3.61. The smallest absolute Gasteiger partial charge is 0.339 e. The van der Waals surface area contributed by atoms with Crippen molar-refractivity contribution in [1.82, 2.24) is 5.32 Å². The number of nitrogens with one attached hydrogen (secondary N) is 1. The second-order valence-corrected chi connectivity index (χ2v) is 6.60. The molecule has 2 N–H and O–H groups in total. The van der Waals surface area contributed by atoms with Crippen LogP contribution in [0, 0.1) is 6.92 Å². The Morgan fingerprint density at radius 1 is 1.17 bits per heavy atom. The van der Waals surface area contributed by atoms with Crippen molar-refractivity contribution < 1.29 is 23.8 Å². The highest BCUT2D eigenvalue weighted by Crippen LogP contribution is 2.24. The van der Waals surface area contributed by atoms with Crippen LogP contribution in [0.25, 0.3) is 11.0 Å². The quantitative estimate of drug-likeness (QED) is 0.596. The number of carbonyl (C=O) groups is 2. The van der Waals surface area contributed by atoms with Crippen molar-refractivity contribution in [3.05, 3.63) is 75.6 Å². The maximum atomic E-state index is 12.4. The Kier molecular flexibility index (Phi) is 5.97. The van der Waals surface area contributed by atoms with E-state index >= 15 is 0 Å². The lowest BCUT2D eigenvalue weighted by atomic mass is 10.0. The topological polar surface area (TPSA) is 106 Å². The number of benzene rings is 2. The predicted molar refractivity (Wildman–Crippen MR) is 107 cm³/mol. The van der Waals surface area contributed by atoms with Crippen molar-refractivity contribution in [2.75, 3.05) is 7.11 Å². The zero-order chi connectivity index (χ0) is 21.0. The number of aryl methyl sites for hydroxylation is 1. The molecule has 150 valence electrons. The van der Waals surface area contributed by atoms with Crippen LogP contribution in [0.1, 0.15) is 29.2 Å². The van der Waals surface area contributed by atoms with Gasteiger partial charge in [-0.3, -0.25) is 4.79 Å². The highest BCUT2D eigenvalue weighted by atomic mass is 16.5. The van der Waals surface area contributed by atoms with Gasteiger partial charge in [-0.15, -0.1) is 0 Å². The van der Waals surface area contributed by atoms with Crippen molar-refractivity contribution >= 4 is 22.8 Å². The molecule has 7 nitrogen and oxygen atoms in total. The minimum atomic E-state index is -1.15. The van der Waals surface area contributed by atoms with E-state index in [-0.39, 0.29) is 12.8 Å². The number of ether oxygens (including phenoxy) is 1. The number of carbonyl (C=O) groups excluding carboxylic acids is 1. The fourth-order valence-corrected chi connectivity index (χ4v) is 3.20. The monoisotopic (exact) mass is 395 g/mol. The summed E-state index contributed by atoms with van der Waals surface area (Å²) in [5.74, 6) is -1.04. The number of amides is 1. The average molecular weight is 395 g/mol. The van der Waals surface area contributed by atoms with Crippen molar-refractivity contribution in [2.24, 2.45) is 0 Å². The van der Waals surface area contributed by atoms with E-state index in [2.05, 4.69) is 5.32 Å². The summed E-state index contributed by atoms with van der Waals surface area (Å²) in [6, 6.07) is 12.5. The Morgan fingerprint density at radius 2 is 1.90 bits per heavy atom. The number of methoxy groups -OCH3 is 1. The second-order valence-electron chi connectivity index (χ2n) is 6.60. The zero-order valence-electron chi connectivity index (χ0n) is 16.1. The van der Waals surface area contributed by atoms with E-state index in [1.165, 1.54) is 7.11 Å². The first kappa shape index (κ1) is 20.1. The van der Waals surface area contributed by atoms with Gasteiger partial charge in [-0.1, -0.05) is 30.3 Å². The molecule has 1 aromatic heterocycles. The van der Waals surface area contributed by atoms with Gasteiger partial charge < -0.3 is 19.6 Å². The third-order valence-electron chi connectivity index (χ3n) is 4.78. The van der Waals surface area contributed by atoms with Crippen LogP contribution in [0.3, 0.4) is 0 Å². The largest absolute Gasteiger partial charge is 0.497 e. The van der Waals surface area contributed by atoms with E-state index in [4.69, 9.17) is 9.15 Å².